The van der Waals surface area contributed by atoms with Gasteiger partial charge >= 0.3 is 0 Å². The summed E-state index contributed by atoms with van der Waals surface area (Å²) in [5.74, 6) is 1.43. The number of carbonyl (C=O) groups excluding carboxylic acids is 1. The Morgan fingerprint density at radius 2 is 1.96 bits per heavy atom. The molecule has 0 atom stereocenters. The van der Waals surface area contributed by atoms with Gasteiger partial charge in [0, 0.05) is 31.7 Å². The van der Waals surface area contributed by atoms with E-state index >= 15 is 0 Å². The molecular weight excluding hydrogens is 304 g/mol. The topological polar surface area (TPSA) is 57.7 Å². The van der Waals surface area contributed by atoms with Gasteiger partial charge in [0.1, 0.15) is 11.6 Å². The third-order valence-electron chi connectivity index (χ3n) is 4.16. The van der Waals surface area contributed by atoms with Crippen LogP contribution in [0.3, 0.4) is 0 Å². The molecule has 126 valence electrons. The third-order valence-corrected chi connectivity index (χ3v) is 4.16. The molecule has 3 rings (SSSR count). The Kier molecular flexibility index (Phi) is 4.96. The average molecular weight is 326 g/mol. The number of piperazine rings is 1. The molecule has 1 saturated heterocycles. The Morgan fingerprint density at radius 1 is 1.17 bits per heavy atom. The van der Waals surface area contributed by atoms with Crippen molar-refractivity contribution in [2.24, 2.45) is 0 Å². The Labute approximate surface area is 142 Å². The number of likely N-dealkylation sites (N-methyl/N-ethyl adjacent to an activating group) is 1. The first-order valence-electron chi connectivity index (χ1n) is 8.00. The molecule has 0 bridgehead atoms. The highest BCUT2D eigenvalue weighted by Crippen LogP contribution is 2.18. The van der Waals surface area contributed by atoms with Gasteiger partial charge in [0.2, 0.25) is 0 Å². The summed E-state index contributed by atoms with van der Waals surface area (Å²) in [7, 11) is 3.71. The number of anilines is 2. The highest BCUT2D eigenvalue weighted by molar-refractivity contribution is 6.04. The number of methoxy groups -OCH3 is 1. The molecule has 1 aromatic carbocycles. The second kappa shape index (κ2) is 7.31. The highest BCUT2D eigenvalue weighted by Gasteiger charge is 2.15. The smallest absolute Gasteiger partial charge is 0.255 e. The molecule has 2 heterocycles. The second-order valence-corrected chi connectivity index (χ2v) is 5.88. The Hall–Kier alpha value is -2.60. The van der Waals surface area contributed by atoms with E-state index in [2.05, 4.69) is 27.1 Å². The summed E-state index contributed by atoms with van der Waals surface area (Å²) >= 11 is 0. The normalized spacial score (nSPS) is 15.2. The van der Waals surface area contributed by atoms with Crippen molar-refractivity contribution in [3.8, 4) is 5.75 Å². The molecule has 1 aromatic heterocycles. The Bertz CT molecular complexity index is 694. The van der Waals surface area contributed by atoms with E-state index in [1.165, 1.54) is 0 Å². The van der Waals surface area contributed by atoms with Gasteiger partial charge in [-0.3, -0.25) is 4.79 Å². The van der Waals surface area contributed by atoms with Gasteiger partial charge in [-0.2, -0.15) is 0 Å². The summed E-state index contributed by atoms with van der Waals surface area (Å²) < 4.78 is 5.14. The summed E-state index contributed by atoms with van der Waals surface area (Å²) in [5, 5.41) is 2.86. The average Bonchev–Trinajstić information content (AvgIpc) is 2.63. The summed E-state index contributed by atoms with van der Waals surface area (Å²) in [4.78, 5) is 21.3. The Morgan fingerprint density at radius 3 is 2.62 bits per heavy atom. The predicted molar refractivity (Wildman–Crippen MR) is 94.9 cm³/mol. The van der Waals surface area contributed by atoms with E-state index in [1.54, 1.807) is 31.5 Å². The molecule has 0 unspecified atom stereocenters. The highest BCUT2D eigenvalue weighted by atomic mass is 16.5. The van der Waals surface area contributed by atoms with Gasteiger partial charge in [-0.1, -0.05) is 6.07 Å². The molecule has 6 nitrogen and oxygen atoms in total. The lowest BCUT2D eigenvalue weighted by atomic mass is 10.2. The van der Waals surface area contributed by atoms with Crippen LogP contribution in [0.4, 0.5) is 11.5 Å². The summed E-state index contributed by atoms with van der Waals surface area (Å²) in [6.45, 7) is 4.02. The quantitative estimate of drug-likeness (QED) is 0.932. The standard InChI is InChI=1S/C18H22N4O2/c1-21-8-10-22(11-9-21)17-7-6-15(13-19-17)20-18(23)14-4-3-5-16(12-14)24-2/h3-7,12-13H,8-11H2,1-2H3,(H,20,23). The molecule has 0 radical (unpaired) electrons. The van der Waals surface area contributed by atoms with Gasteiger partial charge in [-0.05, 0) is 37.4 Å². The number of amides is 1. The lowest BCUT2D eigenvalue weighted by molar-refractivity contribution is 0.102. The van der Waals surface area contributed by atoms with Crippen LogP contribution in [0.25, 0.3) is 0 Å². The first kappa shape index (κ1) is 16.3. The zero-order valence-corrected chi connectivity index (χ0v) is 14.0. The fourth-order valence-corrected chi connectivity index (χ4v) is 2.65. The van der Waals surface area contributed by atoms with Gasteiger partial charge in [-0.15, -0.1) is 0 Å². The first-order chi connectivity index (χ1) is 11.7. The molecule has 0 aliphatic carbocycles. The largest absolute Gasteiger partial charge is 0.497 e. The fraction of sp³-hybridized carbons (Fsp3) is 0.333. The number of rotatable bonds is 4. The monoisotopic (exact) mass is 326 g/mol. The predicted octanol–water partition coefficient (Wildman–Crippen LogP) is 2.09. The van der Waals surface area contributed by atoms with Crippen molar-refractivity contribution in [3.05, 3.63) is 48.2 Å². The number of carbonyl (C=O) groups is 1. The summed E-state index contributed by atoms with van der Waals surface area (Å²) in [5.41, 5.74) is 1.23. The molecule has 1 aliphatic heterocycles. The lowest BCUT2D eigenvalue weighted by Gasteiger charge is -2.33. The molecule has 6 heteroatoms. The first-order valence-corrected chi connectivity index (χ1v) is 8.00. The molecule has 1 N–H and O–H groups in total. The maximum atomic E-state index is 12.3. The van der Waals surface area contributed by atoms with Crippen molar-refractivity contribution in [1.29, 1.82) is 0 Å². The number of nitrogens with zero attached hydrogens (tertiary/aromatic N) is 3. The van der Waals surface area contributed by atoms with E-state index in [0.29, 0.717) is 17.0 Å². The number of aromatic nitrogens is 1. The van der Waals surface area contributed by atoms with Crippen LogP contribution in [-0.4, -0.2) is 56.1 Å². The molecule has 1 fully saturated rings. The van der Waals surface area contributed by atoms with Crippen molar-refractivity contribution < 1.29 is 9.53 Å². The Balaban J connectivity index is 1.64. The molecule has 0 saturated carbocycles. The zero-order valence-electron chi connectivity index (χ0n) is 14.0. The maximum Gasteiger partial charge on any atom is 0.255 e. The number of hydrogen-bond acceptors (Lipinski definition) is 5. The van der Waals surface area contributed by atoms with E-state index in [9.17, 15) is 4.79 Å². The number of nitrogens with one attached hydrogen (secondary N) is 1. The van der Waals surface area contributed by atoms with Crippen LogP contribution in [-0.2, 0) is 0 Å². The van der Waals surface area contributed by atoms with Gasteiger partial charge in [0.15, 0.2) is 0 Å². The van der Waals surface area contributed by atoms with Gasteiger partial charge in [-0.25, -0.2) is 4.98 Å². The number of benzene rings is 1. The molecule has 1 amide bonds. The minimum Gasteiger partial charge on any atom is -0.497 e. The van der Waals surface area contributed by atoms with Crippen LogP contribution in [0.5, 0.6) is 5.75 Å². The van der Waals surface area contributed by atoms with Crippen molar-refractivity contribution >= 4 is 17.4 Å². The van der Waals surface area contributed by atoms with Crippen LogP contribution in [0.15, 0.2) is 42.6 Å². The second-order valence-electron chi connectivity index (χ2n) is 5.88. The molecule has 24 heavy (non-hydrogen) atoms. The van der Waals surface area contributed by atoms with Crippen molar-refractivity contribution in [1.82, 2.24) is 9.88 Å². The van der Waals surface area contributed by atoms with E-state index in [0.717, 1.165) is 32.0 Å². The zero-order chi connectivity index (χ0) is 16.9. The van der Waals surface area contributed by atoms with Crippen molar-refractivity contribution in [3.63, 3.8) is 0 Å². The SMILES string of the molecule is COc1cccc(C(=O)Nc2ccc(N3CCN(C)CC3)nc2)c1. The van der Waals surface area contributed by atoms with Crippen LogP contribution >= 0.6 is 0 Å². The molecular formula is C18H22N4O2. The summed E-state index contributed by atoms with van der Waals surface area (Å²) in [6.07, 6.45) is 1.70. The maximum absolute atomic E-state index is 12.3. The van der Waals surface area contributed by atoms with E-state index in [4.69, 9.17) is 4.74 Å². The van der Waals surface area contributed by atoms with Crippen molar-refractivity contribution in [2.75, 3.05) is 50.6 Å². The minimum atomic E-state index is -0.178. The third kappa shape index (κ3) is 3.83. The van der Waals surface area contributed by atoms with E-state index in [1.807, 2.05) is 18.2 Å². The van der Waals surface area contributed by atoms with Crippen LogP contribution in [0, 0.1) is 0 Å². The van der Waals surface area contributed by atoms with Crippen LogP contribution in [0.1, 0.15) is 10.4 Å². The lowest BCUT2D eigenvalue weighted by Crippen LogP contribution is -2.44. The number of hydrogen-bond donors (Lipinski definition) is 1. The van der Waals surface area contributed by atoms with Crippen LogP contribution in [0.2, 0.25) is 0 Å². The fourth-order valence-electron chi connectivity index (χ4n) is 2.65. The van der Waals surface area contributed by atoms with Gasteiger partial charge in [0.05, 0.1) is 19.0 Å². The van der Waals surface area contributed by atoms with Crippen molar-refractivity contribution in [2.45, 2.75) is 0 Å². The molecule has 1 aliphatic rings. The molecule has 0 spiro atoms. The van der Waals surface area contributed by atoms with Gasteiger partial charge in [0.25, 0.3) is 5.91 Å². The number of ether oxygens (including phenoxy) is 1. The van der Waals surface area contributed by atoms with Gasteiger partial charge < -0.3 is 19.9 Å². The van der Waals surface area contributed by atoms with E-state index < -0.39 is 0 Å². The van der Waals surface area contributed by atoms with E-state index in [-0.39, 0.29) is 5.91 Å². The van der Waals surface area contributed by atoms with Crippen LogP contribution < -0.4 is 15.0 Å². The molecule has 2 aromatic rings. The minimum absolute atomic E-state index is 0.178. The number of pyridine rings is 1. The summed E-state index contributed by atoms with van der Waals surface area (Å²) in [6, 6.07) is 10.9.